The second kappa shape index (κ2) is 7.77. The lowest BCUT2D eigenvalue weighted by atomic mass is 9.90. The van der Waals surface area contributed by atoms with Crippen molar-refractivity contribution in [3.05, 3.63) is 11.8 Å². The Morgan fingerprint density at radius 2 is 1.85 bits per heavy atom. The summed E-state index contributed by atoms with van der Waals surface area (Å²) in [5.41, 5.74) is 1.35. The van der Waals surface area contributed by atoms with E-state index in [1.165, 1.54) is 50.5 Å². The number of allylic oxidation sites excluding steroid dienone is 1. The number of piperidine rings is 1. The number of likely N-dealkylation sites (tertiary alicyclic amines) is 1. The molecule has 1 aliphatic carbocycles. The van der Waals surface area contributed by atoms with E-state index in [4.69, 9.17) is 12.2 Å². The van der Waals surface area contributed by atoms with Gasteiger partial charge in [0.25, 0.3) is 0 Å². The highest BCUT2D eigenvalue weighted by Crippen LogP contribution is 2.25. The molecule has 0 spiro atoms. The van der Waals surface area contributed by atoms with Crippen molar-refractivity contribution in [1.29, 1.82) is 0 Å². The monoisotopic (exact) mass is 293 g/mol. The molecule has 0 atom stereocenters. The predicted octanol–water partition coefficient (Wildman–Crippen LogP) is 3.51. The van der Waals surface area contributed by atoms with Gasteiger partial charge >= 0.3 is 0 Å². The van der Waals surface area contributed by atoms with E-state index in [0.29, 0.717) is 12.0 Å². The van der Waals surface area contributed by atoms with Gasteiger partial charge in [-0.2, -0.15) is 0 Å². The molecule has 2 rings (SSSR count). The minimum absolute atomic E-state index is 0.612. The van der Waals surface area contributed by atoms with Crippen LogP contribution >= 0.6 is 12.2 Å². The van der Waals surface area contributed by atoms with Crippen molar-refractivity contribution in [2.24, 2.45) is 10.9 Å². The summed E-state index contributed by atoms with van der Waals surface area (Å²) in [5, 5.41) is 4.54. The van der Waals surface area contributed by atoms with E-state index < -0.39 is 0 Å². The molecule has 0 amide bonds. The molecule has 2 fully saturated rings. The van der Waals surface area contributed by atoms with Crippen LogP contribution in [-0.2, 0) is 0 Å². The molecule has 0 aromatic rings. The fraction of sp³-hybridized carbons (Fsp3) is 0.750. The molecule has 1 saturated heterocycles. The molecular weight excluding hydrogens is 266 g/mol. The molecule has 2 aliphatic rings. The third-order valence-corrected chi connectivity index (χ3v) is 5.03. The molecule has 3 nitrogen and oxygen atoms in total. The lowest BCUT2D eigenvalue weighted by Gasteiger charge is -2.36. The van der Waals surface area contributed by atoms with Crippen LogP contribution in [-0.4, -0.2) is 35.9 Å². The van der Waals surface area contributed by atoms with E-state index >= 15 is 0 Å². The van der Waals surface area contributed by atoms with Gasteiger partial charge in [-0.25, -0.2) is 0 Å². The molecule has 1 N–H and O–H groups in total. The van der Waals surface area contributed by atoms with Crippen LogP contribution in [0.2, 0.25) is 0 Å². The minimum Gasteiger partial charge on any atom is -0.360 e. The summed E-state index contributed by atoms with van der Waals surface area (Å²) in [6.07, 6.45) is 10.9. The Hall–Kier alpha value is -0.900. The molecular formula is C16H27N3S. The number of hydrogen-bond donors (Lipinski definition) is 1. The summed E-state index contributed by atoms with van der Waals surface area (Å²) in [6.45, 7) is 7.82. The van der Waals surface area contributed by atoms with Crippen LogP contribution in [0.25, 0.3) is 0 Å². The molecule has 1 saturated carbocycles. The van der Waals surface area contributed by atoms with Gasteiger partial charge in [-0.3, -0.25) is 4.99 Å². The van der Waals surface area contributed by atoms with Gasteiger partial charge in [-0.05, 0) is 57.5 Å². The fourth-order valence-electron chi connectivity index (χ4n) is 3.30. The average molecular weight is 293 g/mol. The zero-order chi connectivity index (χ0) is 14.4. The largest absolute Gasteiger partial charge is 0.360 e. The summed E-state index contributed by atoms with van der Waals surface area (Å²) < 4.78 is 0. The van der Waals surface area contributed by atoms with Crippen molar-refractivity contribution in [2.75, 3.05) is 13.1 Å². The lowest BCUT2D eigenvalue weighted by Crippen LogP contribution is -2.48. The highest BCUT2D eigenvalue weighted by Gasteiger charge is 2.23. The van der Waals surface area contributed by atoms with E-state index in [2.05, 4.69) is 28.9 Å². The van der Waals surface area contributed by atoms with Crippen molar-refractivity contribution in [2.45, 2.75) is 57.9 Å². The van der Waals surface area contributed by atoms with Crippen molar-refractivity contribution in [3.8, 4) is 0 Å². The van der Waals surface area contributed by atoms with Crippen LogP contribution in [0.1, 0.15) is 51.9 Å². The maximum Gasteiger partial charge on any atom is 0.169 e. The molecule has 1 aliphatic heterocycles. The Kier molecular flexibility index (Phi) is 6.02. The molecule has 112 valence electrons. The zero-order valence-electron chi connectivity index (χ0n) is 12.6. The Labute approximate surface area is 128 Å². The molecule has 0 aromatic heterocycles. The van der Waals surface area contributed by atoms with E-state index in [-0.39, 0.29) is 0 Å². The Balaban J connectivity index is 1.76. The van der Waals surface area contributed by atoms with Crippen molar-refractivity contribution in [1.82, 2.24) is 10.2 Å². The second-order valence-electron chi connectivity index (χ2n) is 6.10. The van der Waals surface area contributed by atoms with Crippen LogP contribution in [0.3, 0.4) is 0 Å². The first-order chi connectivity index (χ1) is 9.70. The van der Waals surface area contributed by atoms with Gasteiger partial charge in [0, 0.05) is 25.3 Å². The highest BCUT2D eigenvalue weighted by molar-refractivity contribution is 7.80. The SMILES string of the molecule is C=N/C=C(\C)C1CCN(C(=S)NC2CCCCC2)CC1. The van der Waals surface area contributed by atoms with Crippen LogP contribution in [0.4, 0.5) is 0 Å². The Morgan fingerprint density at radius 3 is 2.45 bits per heavy atom. The summed E-state index contributed by atoms with van der Waals surface area (Å²) in [5.74, 6) is 0.647. The van der Waals surface area contributed by atoms with Gasteiger partial charge in [0.1, 0.15) is 0 Å². The molecule has 1 heterocycles. The molecule has 0 unspecified atom stereocenters. The van der Waals surface area contributed by atoms with Crippen LogP contribution in [0.5, 0.6) is 0 Å². The summed E-state index contributed by atoms with van der Waals surface area (Å²) >= 11 is 5.58. The maximum atomic E-state index is 5.58. The first kappa shape index (κ1) is 15.5. The molecule has 0 aromatic carbocycles. The highest BCUT2D eigenvalue weighted by atomic mass is 32.1. The third-order valence-electron chi connectivity index (χ3n) is 4.65. The van der Waals surface area contributed by atoms with Gasteiger partial charge in [-0.15, -0.1) is 0 Å². The van der Waals surface area contributed by atoms with Crippen LogP contribution < -0.4 is 5.32 Å². The van der Waals surface area contributed by atoms with Crippen LogP contribution in [0, 0.1) is 5.92 Å². The number of hydrogen-bond acceptors (Lipinski definition) is 2. The number of rotatable bonds is 3. The fourth-order valence-corrected chi connectivity index (χ4v) is 3.65. The van der Waals surface area contributed by atoms with Crippen LogP contribution in [0.15, 0.2) is 16.8 Å². The number of nitrogens with one attached hydrogen (secondary N) is 1. The van der Waals surface area contributed by atoms with Crippen molar-refractivity contribution < 1.29 is 0 Å². The maximum absolute atomic E-state index is 5.58. The molecule has 20 heavy (non-hydrogen) atoms. The van der Waals surface area contributed by atoms with Gasteiger partial charge < -0.3 is 10.2 Å². The average Bonchev–Trinajstić information content (AvgIpc) is 2.48. The van der Waals surface area contributed by atoms with Crippen molar-refractivity contribution in [3.63, 3.8) is 0 Å². The smallest absolute Gasteiger partial charge is 0.169 e. The first-order valence-corrected chi connectivity index (χ1v) is 8.29. The first-order valence-electron chi connectivity index (χ1n) is 7.88. The van der Waals surface area contributed by atoms with Gasteiger partial charge in [0.2, 0.25) is 0 Å². The quantitative estimate of drug-likeness (QED) is 0.637. The molecule has 0 bridgehead atoms. The Bertz CT molecular complexity index is 364. The van der Waals surface area contributed by atoms with E-state index in [9.17, 15) is 0 Å². The minimum atomic E-state index is 0.612. The van der Waals surface area contributed by atoms with E-state index in [0.717, 1.165) is 18.2 Å². The summed E-state index contributed by atoms with van der Waals surface area (Å²) in [7, 11) is 0. The standard InChI is InChI=1S/C16H27N3S/c1-13(12-17-2)14-8-10-19(11-9-14)16(20)18-15-6-4-3-5-7-15/h12,14-15H,2-11H2,1H3,(H,18,20)/b13-12+. The normalized spacial score (nSPS) is 22.6. The van der Waals surface area contributed by atoms with Gasteiger partial charge in [0.05, 0.1) is 0 Å². The summed E-state index contributed by atoms with van der Waals surface area (Å²) in [4.78, 5) is 6.22. The number of aliphatic imine (C=N–C) groups is 1. The zero-order valence-corrected chi connectivity index (χ0v) is 13.4. The summed E-state index contributed by atoms with van der Waals surface area (Å²) in [6, 6.07) is 0.612. The number of thiocarbonyl (C=S) groups is 1. The third kappa shape index (κ3) is 4.30. The predicted molar refractivity (Wildman–Crippen MR) is 90.2 cm³/mol. The van der Waals surface area contributed by atoms with Gasteiger partial charge in [0.15, 0.2) is 5.11 Å². The van der Waals surface area contributed by atoms with Gasteiger partial charge in [-0.1, -0.05) is 24.8 Å². The second-order valence-corrected chi connectivity index (χ2v) is 6.49. The van der Waals surface area contributed by atoms with E-state index in [1.807, 2.05) is 6.20 Å². The Morgan fingerprint density at radius 1 is 1.20 bits per heavy atom. The number of nitrogens with zero attached hydrogens (tertiary/aromatic N) is 2. The van der Waals surface area contributed by atoms with E-state index in [1.54, 1.807) is 0 Å². The molecule has 4 heteroatoms. The lowest BCUT2D eigenvalue weighted by molar-refractivity contribution is 0.281. The van der Waals surface area contributed by atoms with Crippen molar-refractivity contribution >= 4 is 24.0 Å². The molecule has 0 radical (unpaired) electrons. The topological polar surface area (TPSA) is 27.6 Å².